The highest BCUT2D eigenvalue weighted by Crippen LogP contribution is 2.29. The average molecular weight is 392 g/mol. The van der Waals surface area contributed by atoms with E-state index in [1.807, 2.05) is 0 Å². The number of non-ortho nitro benzene ring substituents is 2. The van der Waals surface area contributed by atoms with E-state index in [4.69, 9.17) is 0 Å². The molecule has 0 N–H and O–H groups in total. The maximum Gasteiger partial charge on any atom is 0.270 e. The highest BCUT2D eigenvalue weighted by Gasteiger charge is 2.12. The van der Waals surface area contributed by atoms with Gasteiger partial charge in [0.05, 0.1) is 9.85 Å². The van der Waals surface area contributed by atoms with Crippen LogP contribution in [-0.2, 0) is 0 Å². The molecule has 26 heavy (non-hydrogen) atoms. The molecule has 2 aromatic carbocycles. The summed E-state index contributed by atoms with van der Waals surface area (Å²) < 4.78 is 0. The summed E-state index contributed by atoms with van der Waals surface area (Å²) >= 11 is 2.72. The minimum Gasteiger partial charge on any atom is -0.298 e. The zero-order valence-electron chi connectivity index (χ0n) is 13.2. The van der Waals surface area contributed by atoms with Crippen molar-refractivity contribution < 1.29 is 19.4 Å². The largest absolute Gasteiger partial charge is 0.298 e. The van der Waals surface area contributed by atoms with Gasteiger partial charge in [0.15, 0.2) is 12.6 Å². The van der Waals surface area contributed by atoms with Crippen LogP contribution in [0.3, 0.4) is 0 Å². The minimum atomic E-state index is -0.563. The Hall–Kier alpha value is -2.72. The van der Waals surface area contributed by atoms with Gasteiger partial charge in [-0.15, -0.1) is 23.5 Å². The van der Waals surface area contributed by atoms with Crippen LogP contribution in [0.4, 0.5) is 11.4 Å². The van der Waals surface area contributed by atoms with Gasteiger partial charge in [0, 0.05) is 56.7 Å². The van der Waals surface area contributed by atoms with Crippen molar-refractivity contribution in [3.63, 3.8) is 0 Å². The zero-order valence-corrected chi connectivity index (χ0v) is 14.8. The van der Waals surface area contributed by atoms with Crippen LogP contribution >= 0.6 is 23.5 Å². The molecule has 0 amide bonds. The van der Waals surface area contributed by atoms with Gasteiger partial charge < -0.3 is 0 Å². The summed E-state index contributed by atoms with van der Waals surface area (Å²) in [4.78, 5) is 43.8. The van der Waals surface area contributed by atoms with Crippen LogP contribution in [0.5, 0.6) is 0 Å². The Bertz CT molecular complexity index is 800. The van der Waals surface area contributed by atoms with Crippen molar-refractivity contribution in [2.45, 2.75) is 9.79 Å². The Morgan fingerprint density at radius 2 is 1.15 bits per heavy atom. The molecule has 0 aliphatic heterocycles. The number of thioether (sulfide) groups is 2. The lowest BCUT2D eigenvalue weighted by Gasteiger charge is -2.06. The van der Waals surface area contributed by atoms with E-state index in [0.717, 1.165) is 0 Å². The van der Waals surface area contributed by atoms with Crippen molar-refractivity contribution >= 4 is 47.5 Å². The van der Waals surface area contributed by atoms with Crippen LogP contribution in [0, 0.1) is 20.2 Å². The quantitative estimate of drug-likeness (QED) is 0.206. The van der Waals surface area contributed by atoms with Gasteiger partial charge in [-0.1, -0.05) is 0 Å². The number of carbonyl (C=O) groups excluding carboxylic acids is 2. The molecule has 10 heteroatoms. The van der Waals surface area contributed by atoms with E-state index < -0.39 is 9.85 Å². The maximum atomic E-state index is 11.1. The summed E-state index contributed by atoms with van der Waals surface area (Å²) in [5.41, 5.74) is 0.205. The normalized spacial score (nSPS) is 10.3. The van der Waals surface area contributed by atoms with Crippen molar-refractivity contribution in [3.8, 4) is 0 Å². The van der Waals surface area contributed by atoms with Crippen LogP contribution in [0.2, 0.25) is 0 Å². The first-order valence-electron chi connectivity index (χ1n) is 7.19. The number of rotatable bonds is 9. The Kier molecular flexibility index (Phi) is 6.87. The standard InChI is InChI=1S/C16H12N2O6S2/c19-9-11-7-13(17(21)22)1-3-15(11)25-5-6-26-16-4-2-14(18(23)24)8-12(16)10-20/h1-4,7-10H,5-6H2. The molecule has 2 aromatic rings. The van der Waals surface area contributed by atoms with Crippen LogP contribution in [-0.4, -0.2) is 33.9 Å². The first-order valence-corrected chi connectivity index (χ1v) is 9.16. The van der Waals surface area contributed by atoms with Crippen molar-refractivity contribution in [3.05, 3.63) is 67.8 Å². The molecule has 0 fully saturated rings. The van der Waals surface area contributed by atoms with Crippen LogP contribution < -0.4 is 0 Å². The van der Waals surface area contributed by atoms with E-state index in [0.29, 0.717) is 33.9 Å². The summed E-state index contributed by atoms with van der Waals surface area (Å²) in [7, 11) is 0. The van der Waals surface area contributed by atoms with Crippen molar-refractivity contribution in [1.82, 2.24) is 0 Å². The summed E-state index contributed by atoms with van der Waals surface area (Å²) in [5.74, 6) is 1.16. The Labute approximate surface area is 156 Å². The van der Waals surface area contributed by atoms with E-state index >= 15 is 0 Å². The summed E-state index contributed by atoms with van der Waals surface area (Å²) in [6.45, 7) is 0. The highest BCUT2D eigenvalue weighted by molar-refractivity contribution is 8.03. The fourth-order valence-electron chi connectivity index (χ4n) is 2.05. The van der Waals surface area contributed by atoms with Gasteiger partial charge in [-0.05, 0) is 12.1 Å². The molecule has 0 unspecified atom stereocenters. The zero-order chi connectivity index (χ0) is 19.1. The van der Waals surface area contributed by atoms with Gasteiger partial charge in [-0.3, -0.25) is 29.8 Å². The number of aldehydes is 2. The van der Waals surface area contributed by atoms with Gasteiger partial charge in [-0.25, -0.2) is 0 Å². The van der Waals surface area contributed by atoms with E-state index in [1.54, 1.807) is 0 Å². The SMILES string of the molecule is O=Cc1cc([N+](=O)[O-])ccc1SCCSc1ccc([N+](=O)[O-])cc1C=O. The fraction of sp³-hybridized carbons (Fsp3) is 0.125. The lowest BCUT2D eigenvalue weighted by molar-refractivity contribution is -0.385. The molecule has 0 radical (unpaired) electrons. The number of nitrogens with zero attached hydrogens (tertiary/aromatic N) is 2. The molecule has 2 rings (SSSR count). The highest BCUT2D eigenvalue weighted by atomic mass is 32.2. The predicted octanol–water partition coefficient (Wildman–Crippen LogP) is 4.01. The van der Waals surface area contributed by atoms with E-state index in [1.165, 1.54) is 59.9 Å². The first kappa shape index (κ1) is 19.6. The Balaban J connectivity index is 1.99. The van der Waals surface area contributed by atoms with Crippen LogP contribution in [0.25, 0.3) is 0 Å². The Morgan fingerprint density at radius 3 is 1.46 bits per heavy atom. The number of carbonyl (C=O) groups is 2. The lowest BCUT2D eigenvalue weighted by atomic mass is 10.2. The number of hydrogen-bond acceptors (Lipinski definition) is 8. The molecule has 0 heterocycles. The average Bonchev–Trinajstić information content (AvgIpc) is 2.64. The number of benzene rings is 2. The second-order valence-corrected chi connectivity index (χ2v) is 7.16. The Morgan fingerprint density at radius 1 is 0.769 bits per heavy atom. The summed E-state index contributed by atoms with van der Waals surface area (Å²) in [6.07, 6.45) is 1.15. The van der Waals surface area contributed by atoms with Crippen LogP contribution in [0.15, 0.2) is 46.2 Å². The fourth-order valence-corrected chi connectivity index (χ4v) is 4.03. The smallest absolute Gasteiger partial charge is 0.270 e. The molecule has 0 aliphatic rings. The third-order valence-corrected chi connectivity index (χ3v) is 5.70. The molecule has 0 saturated heterocycles. The monoisotopic (exact) mass is 392 g/mol. The number of hydrogen-bond donors (Lipinski definition) is 0. The molecule has 0 bridgehead atoms. The van der Waals surface area contributed by atoms with E-state index in [2.05, 4.69) is 0 Å². The molecule has 0 aromatic heterocycles. The van der Waals surface area contributed by atoms with E-state index in [-0.39, 0.29) is 22.5 Å². The molecule has 0 atom stereocenters. The van der Waals surface area contributed by atoms with Gasteiger partial charge in [0.1, 0.15) is 0 Å². The van der Waals surface area contributed by atoms with Gasteiger partial charge in [0.25, 0.3) is 11.4 Å². The number of nitro groups is 2. The van der Waals surface area contributed by atoms with Crippen LogP contribution in [0.1, 0.15) is 20.7 Å². The molecule has 0 aliphatic carbocycles. The van der Waals surface area contributed by atoms with Crippen molar-refractivity contribution in [1.29, 1.82) is 0 Å². The third kappa shape index (κ3) is 4.90. The molecular formula is C16H12N2O6S2. The van der Waals surface area contributed by atoms with Gasteiger partial charge in [-0.2, -0.15) is 0 Å². The molecule has 8 nitrogen and oxygen atoms in total. The topological polar surface area (TPSA) is 120 Å². The second kappa shape index (κ2) is 9.11. The number of nitro benzene ring substituents is 2. The third-order valence-electron chi connectivity index (χ3n) is 3.26. The van der Waals surface area contributed by atoms with Crippen molar-refractivity contribution in [2.24, 2.45) is 0 Å². The first-order chi connectivity index (χ1) is 12.5. The van der Waals surface area contributed by atoms with Gasteiger partial charge >= 0.3 is 0 Å². The predicted molar refractivity (Wildman–Crippen MR) is 98.4 cm³/mol. The summed E-state index contributed by atoms with van der Waals surface area (Å²) in [6, 6.07) is 8.18. The molecule has 134 valence electrons. The second-order valence-electron chi connectivity index (χ2n) is 4.89. The maximum absolute atomic E-state index is 11.1. The lowest BCUT2D eigenvalue weighted by Crippen LogP contribution is -1.95. The van der Waals surface area contributed by atoms with Crippen molar-refractivity contribution in [2.75, 3.05) is 11.5 Å². The van der Waals surface area contributed by atoms with E-state index in [9.17, 15) is 29.8 Å². The minimum absolute atomic E-state index is 0.146. The summed E-state index contributed by atoms with van der Waals surface area (Å²) in [5, 5.41) is 21.5. The van der Waals surface area contributed by atoms with Gasteiger partial charge in [0.2, 0.25) is 0 Å². The molecular weight excluding hydrogens is 380 g/mol. The molecule has 0 spiro atoms. The molecule has 0 saturated carbocycles.